The summed E-state index contributed by atoms with van der Waals surface area (Å²) in [6, 6.07) is 0. The molecule has 1 N–H and O–H groups in total. The molecule has 0 bridgehead atoms. The van der Waals surface area contributed by atoms with Gasteiger partial charge >= 0.3 is 0 Å². The van der Waals surface area contributed by atoms with E-state index >= 15 is 0 Å². The first-order valence-corrected chi connectivity index (χ1v) is 3.44. The molecule has 0 unspecified atom stereocenters. The monoisotopic (exact) mass is 159 g/mol. The second kappa shape index (κ2) is 3.03. The van der Waals surface area contributed by atoms with E-state index in [0.717, 1.165) is 12.4 Å². The minimum Gasteiger partial charge on any atom is -0.321 e. The van der Waals surface area contributed by atoms with Crippen LogP contribution in [0.25, 0.3) is 0 Å². The van der Waals surface area contributed by atoms with Gasteiger partial charge in [0.1, 0.15) is 11.0 Å². The maximum Gasteiger partial charge on any atom is 0.128 e. The predicted molar refractivity (Wildman–Crippen MR) is 41.0 cm³/mol. The first-order valence-electron chi connectivity index (χ1n) is 3.06. The Labute approximate surface area is 65.0 Å². The van der Waals surface area contributed by atoms with Crippen LogP contribution in [0.4, 0.5) is 0 Å². The molecule has 0 radical (unpaired) electrons. The van der Waals surface area contributed by atoms with Gasteiger partial charge in [0.15, 0.2) is 0 Å². The van der Waals surface area contributed by atoms with E-state index in [4.69, 9.17) is 11.6 Å². The lowest BCUT2D eigenvalue weighted by molar-refractivity contribution is 0.710. The Balaban J connectivity index is 2.83. The van der Waals surface area contributed by atoms with Crippen molar-refractivity contribution in [3.8, 4) is 0 Å². The van der Waals surface area contributed by atoms with Crippen LogP contribution < -0.4 is 5.32 Å². The van der Waals surface area contributed by atoms with Crippen molar-refractivity contribution in [1.29, 1.82) is 0 Å². The number of imidazole rings is 1. The smallest absolute Gasteiger partial charge is 0.128 e. The van der Waals surface area contributed by atoms with E-state index in [9.17, 15) is 0 Å². The fraction of sp³-hybridized carbons (Fsp3) is 0.500. The molecule has 3 nitrogen and oxygen atoms in total. The molecule has 4 heteroatoms. The van der Waals surface area contributed by atoms with Gasteiger partial charge in [-0.25, -0.2) is 4.98 Å². The Bertz CT molecular complexity index is 219. The van der Waals surface area contributed by atoms with E-state index in [-0.39, 0.29) is 0 Å². The largest absolute Gasteiger partial charge is 0.321 e. The van der Waals surface area contributed by atoms with Crippen LogP contribution in [0.15, 0.2) is 6.20 Å². The number of rotatable bonds is 2. The zero-order valence-corrected chi connectivity index (χ0v) is 6.81. The van der Waals surface area contributed by atoms with Crippen molar-refractivity contribution in [2.45, 2.75) is 6.54 Å². The molecule has 0 saturated heterocycles. The summed E-state index contributed by atoms with van der Waals surface area (Å²) in [7, 11) is 3.77. The Kier molecular flexibility index (Phi) is 2.29. The van der Waals surface area contributed by atoms with E-state index in [1.165, 1.54) is 0 Å². The molecule has 0 fully saturated rings. The Morgan fingerprint density at radius 3 is 2.90 bits per heavy atom. The summed E-state index contributed by atoms with van der Waals surface area (Å²) >= 11 is 5.74. The highest BCUT2D eigenvalue weighted by Gasteiger charge is 2.00. The molecule has 10 heavy (non-hydrogen) atoms. The lowest BCUT2D eigenvalue weighted by atomic mass is 10.6. The Morgan fingerprint density at radius 2 is 2.50 bits per heavy atom. The van der Waals surface area contributed by atoms with Gasteiger partial charge in [0.2, 0.25) is 0 Å². The second-order valence-corrected chi connectivity index (χ2v) is 2.47. The average Bonchev–Trinajstić information content (AvgIpc) is 2.20. The van der Waals surface area contributed by atoms with Crippen LogP contribution in [0.3, 0.4) is 0 Å². The van der Waals surface area contributed by atoms with Crippen molar-refractivity contribution in [2.24, 2.45) is 7.05 Å². The van der Waals surface area contributed by atoms with E-state index in [1.54, 1.807) is 6.20 Å². The topological polar surface area (TPSA) is 29.9 Å². The van der Waals surface area contributed by atoms with Gasteiger partial charge in [-0.2, -0.15) is 0 Å². The number of aromatic nitrogens is 2. The van der Waals surface area contributed by atoms with E-state index in [0.29, 0.717) is 5.15 Å². The van der Waals surface area contributed by atoms with Crippen LogP contribution >= 0.6 is 11.6 Å². The van der Waals surface area contributed by atoms with Gasteiger partial charge in [-0.15, -0.1) is 0 Å². The summed E-state index contributed by atoms with van der Waals surface area (Å²) in [5.74, 6) is 0.951. The SMILES string of the molecule is CNCc1ncc(Cl)n1C. The maximum atomic E-state index is 5.74. The van der Waals surface area contributed by atoms with E-state index in [2.05, 4.69) is 10.3 Å². The third-order valence-corrected chi connectivity index (χ3v) is 1.71. The highest BCUT2D eigenvalue weighted by molar-refractivity contribution is 6.29. The standard InChI is InChI=1S/C6H10ClN3/c1-8-4-6-9-3-5(7)10(6)2/h3,8H,4H2,1-2H3. The number of halogens is 1. The first kappa shape index (κ1) is 7.57. The van der Waals surface area contributed by atoms with Crippen molar-refractivity contribution in [2.75, 3.05) is 7.05 Å². The van der Waals surface area contributed by atoms with Crippen molar-refractivity contribution < 1.29 is 0 Å². The minimum atomic E-state index is 0.672. The summed E-state index contributed by atoms with van der Waals surface area (Å²) in [4.78, 5) is 4.07. The summed E-state index contributed by atoms with van der Waals surface area (Å²) in [6.07, 6.45) is 1.65. The number of hydrogen-bond acceptors (Lipinski definition) is 2. The van der Waals surface area contributed by atoms with Crippen LogP contribution in [-0.4, -0.2) is 16.6 Å². The highest BCUT2D eigenvalue weighted by Crippen LogP contribution is 2.07. The normalized spacial score (nSPS) is 10.3. The fourth-order valence-corrected chi connectivity index (χ4v) is 0.893. The van der Waals surface area contributed by atoms with Crippen LogP contribution in [0.1, 0.15) is 5.82 Å². The van der Waals surface area contributed by atoms with Crippen LogP contribution in [0.2, 0.25) is 5.15 Å². The minimum absolute atomic E-state index is 0.672. The van der Waals surface area contributed by atoms with Crippen molar-refractivity contribution in [3.05, 3.63) is 17.2 Å². The lowest BCUT2D eigenvalue weighted by Crippen LogP contribution is -2.10. The molecule has 1 rings (SSSR count). The van der Waals surface area contributed by atoms with Gasteiger partial charge in [0.25, 0.3) is 0 Å². The Hall–Kier alpha value is -0.540. The molecule has 0 aromatic carbocycles. The predicted octanol–water partition coefficient (Wildman–Crippen LogP) is 0.793. The van der Waals surface area contributed by atoms with Gasteiger partial charge < -0.3 is 9.88 Å². The lowest BCUT2D eigenvalue weighted by Gasteiger charge is -1.99. The molecule has 0 spiro atoms. The van der Waals surface area contributed by atoms with Crippen molar-refractivity contribution in [3.63, 3.8) is 0 Å². The van der Waals surface area contributed by atoms with Gasteiger partial charge in [-0.3, -0.25) is 0 Å². The first-order chi connectivity index (χ1) is 4.75. The van der Waals surface area contributed by atoms with Crippen molar-refractivity contribution in [1.82, 2.24) is 14.9 Å². The van der Waals surface area contributed by atoms with E-state index in [1.807, 2.05) is 18.7 Å². The Morgan fingerprint density at radius 1 is 1.80 bits per heavy atom. The summed E-state index contributed by atoms with van der Waals surface area (Å²) < 4.78 is 1.85. The average molecular weight is 160 g/mol. The van der Waals surface area contributed by atoms with Crippen LogP contribution in [-0.2, 0) is 13.6 Å². The molecule has 56 valence electrons. The molecule has 0 aliphatic rings. The summed E-state index contributed by atoms with van der Waals surface area (Å²) in [5, 5.41) is 3.67. The van der Waals surface area contributed by atoms with E-state index < -0.39 is 0 Å². The van der Waals surface area contributed by atoms with Crippen molar-refractivity contribution >= 4 is 11.6 Å². The quantitative estimate of drug-likeness (QED) is 0.692. The number of nitrogens with zero attached hydrogens (tertiary/aromatic N) is 2. The molecule has 1 heterocycles. The molecule has 0 atom stereocenters. The van der Waals surface area contributed by atoms with Gasteiger partial charge in [0, 0.05) is 7.05 Å². The molecule has 0 saturated carbocycles. The molecule has 0 aliphatic carbocycles. The van der Waals surface area contributed by atoms with Crippen LogP contribution in [0, 0.1) is 0 Å². The molecular weight excluding hydrogens is 150 g/mol. The van der Waals surface area contributed by atoms with Gasteiger partial charge in [0.05, 0.1) is 12.7 Å². The van der Waals surface area contributed by atoms with Gasteiger partial charge in [-0.05, 0) is 7.05 Å². The molecular formula is C6H10ClN3. The highest BCUT2D eigenvalue weighted by atomic mass is 35.5. The molecule has 0 amide bonds. The molecule has 0 aliphatic heterocycles. The van der Waals surface area contributed by atoms with Crippen LogP contribution in [0.5, 0.6) is 0 Å². The number of hydrogen-bond donors (Lipinski definition) is 1. The zero-order valence-electron chi connectivity index (χ0n) is 6.06. The molecule has 1 aromatic heterocycles. The van der Waals surface area contributed by atoms with Gasteiger partial charge in [-0.1, -0.05) is 11.6 Å². The molecule has 1 aromatic rings. The maximum absolute atomic E-state index is 5.74. The third-order valence-electron chi connectivity index (χ3n) is 1.36. The zero-order chi connectivity index (χ0) is 7.56. The number of nitrogens with one attached hydrogen (secondary N) is 1. The second-order valence-electron chi connectivity index (χ2n) is 2.09. The fourth-order valence-electron chi connectivity index (χ4n) is 0.747. The summed E-state index contributed by atoms with van der Waals surface area (Å²) in [5.41, 5.74) is 0. The summed E-state index contributed by atoms with van der Waals surface area (Å²) in [6.45, 7) is 0.753. The third kappa shape index (κ3) is 1.30.